The zero-order valence-electron chi connectivity index (χ0n) is 13.1. The van der Waals surface area contributed by atoms with Gasteiger partial charge in [-0.3, -0.25) is 14.5 Å². The molecule has 1 aliphatic carbocycles. The molecule has 1 aliphatic heterocycles. The third-order valence-electron chi connectivity index (χ3n) is 4.78. The fourth-order valence-corrected chi connectivity index (χ4v) is 3.23. The topological polar surface area (TPSA) is 69.7 Å². The van der Waals surface area contributed by atoms with Gasteiger partial charge in [0.1, 0.15) is 12.1 Å². The molecule has 0 radical (unpaired) electrons. The van der Waals surface area contributed by atoms with Crippen molar-refractivity contribution in [2.24, 2.45) is 5.92 Å². The highest BCUT2D eigenvalue weighted by molar-refractivity contribution is 6.09. The van der Waals surface area contributed by atoms with E-state index in [9.17, 15) is 14.4 Å². The second-order valence-electron chi connectivity index (χ2n) is 6.15. The second-order valence-corrected chi connectivity index (χ2v) is 6.15. The summed E-state index contributed by atoms with van der Waals surface area (Å²) in [6.07, 6.45) is 3.22. The van der Waals surface area contributed by atoms with Gasteiger partial charge in [-0.05, 0) is 45.4 Å². The molecule has 1 N–H and O–H groups in total. The van der Waals surface area contributed by atoms with E-state index in [1.54, 1.807) is 4.90 Å². The summed E-state index contributed by atoms with van der Waals surface area (Å²) in [6, 6.07) is -0.421. The van der Waals surface area contributed by atoms with Crippen LogP contribution in [0, 0.1) is 5.92 Å². The highest BCUT2D eigenvalue weighted by Crippen LogP contribution is 2.36. The van der Waals surface area contributed by atoms with Crippen molar-refractivity contribution < 1.29 is 14.4 Å². The first-order valence-corrected chi connectivity index (χ1v) is 7.85. The Hall–Kier alpha value is -1.59. The summed E-state index contributed by atoms with van der Waals surface area (Å²) in [5.74, 6) is 0.191. The number of carbonyl (C=O) groups is 3. The van der Waals surface area contributed by atoms with Crippen molar-refractivity contribution in [1.82, 2.24) is 15.1 Å². The lowest BCUT2D eigenvalue weighted by atomic mass is 9.77. The van der Waals surface area contributed by atoms with Crippen LogP contribution >= 0.6 is 0 Å². The smallest absolute Gasteiger partial charge is 0.325 e. The maximum Gasteiger partial charge on any atom is 0.325 e. The number of nitrogens with one attached hydrogen (secondary N) is 1. The van der Waals surface area contributed by atoms with Crippen LogP contribution in [-0.2, 0) is 9.59 Å². The molecule has 4 amide bonds. The molecule has 1 saturated carbocycles. The van der Waals surface area contributed by atoms with Gasteiger partial charge in [-0.25, -0.2) is 4.79 Å². The zero-order chi connectivity index (χ0) is 15.6. The van der Waals surface area contributed by atoms with Crippen molar-refractivity contribution in [3.05, 3.63) is 0 Å². The van der Waals surface area contributed by atoms with Crippen molar-refractivity contribution in [1.29, 1.82) is 0 Å². The van der Waals surface area contributed by atoms with Gasteiger partial charge < -0.3 is 10.2 Å². The molecule has 0 atom stereocenters. The van der Waals surface area contributed by atoms with Crippen LogP contribution in [0.1, 0.15) is 46.5 Å². The summed E-state index contributed by atoms with van der Waals surface area (Å²) in [7, 11) is 0. The summed E-state index contributed by atoms with van der Waals surface area (Å²) >= 11 is 0. The lowest BCUT2D eigenvalue weighted by molar-refractivity contribution is -0.139. The molecular weight excluding hydrogens is 270 g/mol. The molecule has 21 heavy (non-hydrogen) atoms. The minimum Gasteiger partial charge on any atom is -0.342 e. The van der Waals surface area contributed by atoms with Crippen LogP contribution in [0.2, 0.25) is 0 Å². The van der Waals surface area contributed by atoms with Gasteiger partial charge in [-0.2, -0.15) is 0 Å². The minimum absolute atomic E-state index is 0.149. The van der Waals surface area contributed by atoms with Crippen LogP contribution < -0.4 is 5.32 Å². The molecule has 1 heterocycles. The Balaban J connectivity index is 2.07. The Morgan fingerprint density at radius 3 is 2.38 bits per heavy atom. The van der Waals surface area contributed by atoms with E-state index in [0.717, 1.165) is 17.7 Å². The number of carbonyl (C=O) groups excluding carboxylic acids is 3. The highest BCUT2D eigenvalue weighted by atomic mass is 16.2. The molecule has 118 valence electrons. The van der Waals surface area contributed by atoms with Gasteiger partial charge in [-0.15, -0.1) is 0 Å². The van der Waals surface area contributed by atoms with E-state index in [-0.39, 0.29) is 18.4 Å². The third kappa shape index (κ3) is 2.89. The van der Waals surface area contributed by atoms with E-state index < -0.39 is 11.6 Å². The molecule has 0 aromatic carbocycles. The highest BCUT2D eigenvalue weighted by Gasteiger charge is 2.52. The Kier molecular flexibility index (Phi) is 4.54. The molecule has 2 aliphatic rings. The van der Waals surface area contributed by atoms with Crippen LogP contribution in [0.4, 0.5) is 4.79 Å². The summed E-state index contributed by atoms with van der Waals surface area (Å²) < 4.78 is 0. The summed E-state index contributed by atoms with van der Waals surface area (Å²) in [4.78, 5) is 39.6. The zero-order valence-corrected chi connectivity index (χ0v) is 13.1. The molecule has 0 unspecified atom stereocenters. The van der Waals surface area contributed by atoms with E-state index >= 15 is 0 Å². The van der Waals surface area contributed by atoms with Gasteiger partial charge in [0.15, 0.2) is 0 Å². The molecule has 6 heteroatoms. The molecule has 0 aromatic heterocycles. The van der Waals surface area contributed by atoms with Crippen molar-refractivity contribution in [3.8, 4) is 0 Å². The number of nitrogens with zero attached hydrogens (tertiary/aromatic N) is 2. The summed E-state index contributed by atoms with van der Waals surface area (Å²) in [5.41, 5.74) is -0.757. The average Bonchev–Trinajstić information content (AvgIpc) is 2.68. The number of amides is 4. The van der Waals surface area contributed by atoms with Gasteiger partial charge in [0.2, 0.25) is 5.91 Å². The fourth-order valence-electron chi connectivity index (χ4n) is 3.23. The Morgan fingerprint density at radius 2 is 1.86 bits per heavy atom. The molecule has 2 fully saturated rings. The summed E-state index contributed by atoms with van der Waals surface area (Å²) in [5, 5.41) is 2.84. The number of rotatable bonds is 4. The monoisotopic (exact) mass is 295 g/mol. The van der Waals surface area contributed by atoms with Crippen molar-refractivity contribution in [2.45, 2.75) is 52.0 Å². The number of likely N-dealkylation sites (N-methyl/N-ethyl adjacent to an activating group) is 1. The predicted molar refractivity (Wildman–Crippen MR) is 78.5 cm³/mol. The van der Waals surface area contributed by atoms with Crippen LogP contribution in [0.3, 0.4) is 0 Å². The quantitative estimate of drug-likeness (QED) is 0.796. The number of hydrogen-bond acceptors (Lipinski definition) is 3. The fraction of sp³-hybridized carbons (Fsp3) is 0.800. The van der Waals surface area contributed by atoms with Gasteiger partial charge in [0, 0.05) is 13.1 Å². The van der Waals surface area contributed by atoms with Crippen LogP contribution in [0.25, 0.3) is 0 Å². The first-order valence-electron chi connectivity index (χ1n) is 7.85. The molecule has 0 bridgehead atoms. The number of urea groups is 1. The van der Waals surface area contributed by atoms with E-state index in [0.29, 0.717) is 31.8 Å². The second kappa shape index (κ2) is 6.03. The Morgan fingerprint density at radius 1 is 1.29 bits per heavy atom. The Bertz CT molecular complexity index is 437. The van der Waals surface area contributed by atoms with E-state index in [1.807, 2.05) is 13.8 Å². The molecule has 1 spiro atoms. The summed E-state index contributed by atoms with van der Waals surface area (Å²) in [6.45, 7) is 6.96. The van der Waals surface area contributed by atoms with Gasteiger partial charge in [0.05, 0.1) is 0 Å². The average molecular weight is 295 g/mol. The Labute approximate surface area is 125 Å². The van der Waals surface area contributed by atoms with E-state index in [2.05, 4.69) is 12.2 Å². The molecule has 0 aromatic rings. The van der Waals surface area contributed by atoms with Gasteiger partial charge >= 0.3 is 6.03 Å². The maximum atomic E-state index is 12.6. The lowest BCUT2D eigenvalue weighted by Crippen LogP contribution is -2.50. The lowest BCUT2D eigenvalue weighted by Gasteiger charge is -2.33. The minimum atomic E-state index is -0.757. The number of hydrogen-bond donors (Lipinski definition) is 1. The normalized spacial score (nSPS) is 28.9. The number of imide groups is 1. The predicted octanol–water partition coefficient (Wildman–Crippen LogP) is 1.36. The molecular formula is C15H25N3O3. The van der Waals surface area contributed by atoms with Crippen LogP contribution in [0.5, 0.6) is 0 Å². The van der Waals surface area contributed by atoms with E-state index in [1.165, 1.54) is 0 Å². The van der Waals surface area contributed by atoms with Crippen LogP contribution in [-0.4, -0.2) is 52.8 Å². The van der Waals surface area contributed by atoms with Gasteiger partial charge in [-0.1, -0.05) is 6.92 Å². The first-order chi connectivity index (χ1) is 9.93. The van der Waals surface area contributed by atoms with Crippen LogP contribution in [0.15, 0.2) is 0 Å². The molecule has 1 saturated heterocycles. The van der Waals surface area contributed by atoms with Crippen molar-refractivity contribution >= 4 is 17.8 Å². The standard InChI is InChI=1S/C15H25N3O3/c1-4-17(5-2)12(19)10-18-13(20)15(16-14(18)21)8-6-11(3)7-9-15/h11H,4-10H2,1-3H3,(H,16,21). The SMILES string of the molecule is CCN(CC)C(=O)CN1C(=O)NC2(CCC(C)CC2)C1=O. The molecule has 6 nitrogen and oxygen atoms in total. The van der Waals surface area contributed by atoms with Crippen molar-refractivity contribution in [3.63, 3.8) is 0 Å². The third-order valence-corrected chi connectivity index (χ3v) is 4.78. The van der Waals surface area contributed by atoms with Crippen molar-refractivity contribution in [2.75, 3.05) is 19.6 Å². The largest absolute Gasteiger partial charge is 0.342 e. The molecule has 2 rings (SSSR count). The first kappa shape index (κ1) is 15.8. The van der Waals surface area contributed by atoms with E-state index in [4.69, 9.17) is 0 Å². The maximum absolute atomic E-state index is 12.6. The van der Waals surface area contributed by atoms with Gasteiger partial charge in [0.25, 0.3) is 5.91 Å².